The van der Waals surface area contributed by atoms with Crippen LogP contribution in [0.2, 0.25) is 0 Å². The van der Waals surface area contributed by atoms with Gasteiger partial charge in [-0.3, -0.25) is 15.1 Å². The average Bonchev–Trinajstić information content (AvgIpc) is 3.38. The van der Waals surface area contributed by atoms with E-state index in [9.17, 15) is 22.8 Å². The van der Waals surface area contributed by atoms with E-state index in [0.29, 0.717) is 59.0 Å². The van der Waals surface area contributed by atoms with Gasteiger partial charge in [0.15, 0.2) is 5.84 Å². The van der Waals surface area contributed by atoms with Gasteiger partial charge in [0, 0.05) is 63.8 Å². The number of pyridine rings is 1. The van der Waals surface area contributed by atoms with Crippen LogP contribution in [0.15, 0.2) is 29.6 Å². The van der Waals surface area contributed by atoms with Crippen molar-refractivity contribution in [2.24, 2.45) is 5.10 Å². The number of fused-ring (bicyclic) bond motifs is 1. The lowest BCUT2D eigenvalue weighted by Crippen LogP contribution is -2.49. The van der Waals surface area contributed by atoms with Gasteiger partial charge in [0.05, 0.1) is 31.6 Å². The second kappa shape index (κ2) is 12.6. The summed E-state index contributed by atoms with van der Waals surface area (Å²) in [4.78, 5) is 34.1. The lowest BCUT2D eigenvalue weighted by molar-refractivity contribution is -0.137. The zero-order valence-electron chi connectivity index (χ0n) is 25.1. The van der Waals surface area contributed by atoms with E-state index in [-0.39, 0.29) is 23.3 Å². The van der Waals surface area contributed by atoms with Crippen LogP contribution in [0.3, 0.4) is 0 Å². The summed E-state index contributed by atoms with van der Waals surface area (Å²) in [5, 5.41) is 9.94. The summed E-state index contributed by atoms with van der Waals surface area (Å²) in [6, 6.07) is 2.76. The lowest BCUT2D eigenvalue weighted by atomic mass is 10.1. The first-order chi connectivity index (χ1) is 20.8. The van der Waals surface area contributed by atoms with Crippen molar-refractivity contribution in [1.82, 2.24) is 29.7 Å². The van der Waals surface area contributed by atoms with Gasteiger partial charge in [0.25, 0.3) is 0 Å². The van der Waals surface area contributed by atoms with Crippen LogP contribution in [0.25, 0.3) is 0 Å². The number of hydrogen-bond donors (Lipinski definition) is 2. The van der Waals surface area contributed by atoms with Crippen molar-refractivity contribution in [3.8, 4) is 0 Å². The van der Waals surface area contributed by atoms with Gasteiger partial charge in [-0.25, -0.2) is 19.2 Å². The number of aromatic nitrogens is 2. The summed E-state index contributed by atoms with van der Waals surface area (Å²) in [7, 11) is 1.10. The highest BCUT2D eigenvalue weighted by atomic mass is 19.4. The van der Waals surface area contributed by atoms with Crippen LogP contribution in [0.4, 0.5) is 28.6 Å². The molecule has 3 aliphatic rings. The molecule has 2 saturated heterocycles. The molecule has 0 saturated carbocycles. The molecule has 2 aromatic heterocycles. The van der Waals surface area contributed by atoms with E-state index in [1.54, 1.807) is 9.58 Å². The number of carbonyl (C=O) groups is 2. The van der Waals surface area contributed by atoms with Gasteiger partial charge in [-0.15, -0.1) is 5.10 Å². The molecule has 1 unspecified atom stereocenters. The second-order valence-electron chi connectivity index (χ2n) is 11.7. The Labute approximate surface area is 252 Å². The number of hydrogen-bond acceptors (Lipinski definition) is 10. The fourth-order valence-electron chi connectivity index (χ4n) is 5.26. The lowest BCUT2D eigenvalue weighted by Gasteiger charge is -2.37. The van der Waals surface area contributed by atoms with Gasteiger partial charge in [0.1, 0.15) is 17.6 Å². The number of methoxy groups -OCH3 is 1. The summed E-state index contributed by atoms with van der Waals surface area (Å²) < 4.78 is 59.8. The molecule has 3 aliphatic heterocycles. The largest absolute Gasteiger partial charge is 0.453 e. The summed E-state index contributed by atoms with van der Waals surface area (Å²) in [5.41, 5.74) is -0.121. The molecule has 16 heteroatoms. The van der Waals surface area contributed by atoms with Crippen molar-refractivity contribution < 1.29 is 37.0 Å². The third-order valence-corrected chi connectivity index (χ3v) is 7.37. The van der Waals surface area contributed by atoms with E-state index in [1.165, 1.54) is 0 Å². The number of nitrogens with zero attached hydrogens (tertiary/aromatic N) is 6. The number of ether oxygens (including phenoxy) is 3. The van der Waals surface area contributed by atoms with Gasteiger partial charge in [-0.2, -0.15) is 13.2 Å². The summed E-state index contributed by atoms with van der Waals surface area (Å²) >= 11 is 0. The predicted molar refractivity (Wildman–Crippen MR) is 153 cm³/mol. The Morgan fingerprint density at radius 3 is 2.43 bits per heavy atom. The maximum absolute atomic E-state index is 14.2. The SMILES string of the molecule is COC(=O)Nc1cc(C(F)(F)F)c(C2=Nn3cc(CN4CCN(C(=O)OC(C)(C)C)CC4)cc3C(N3CCOCC3)N2)cn1. The Bertz CT molecular complexity index is 1390. The molecular formula is C28H37F3N8O5. The standard InChI is InChI=1S/C28H37F3N8O5/c1-27(2,3)44-26(41)38-7-5-36(6-8-38)16-18-13-21-24(37-9-11-43-12-10-37)34-23(35-39(21)17-18)19-15-32-22(33-25(40)42-4)14-20(19)28(29,30)31/h13-15,17,24H,5-12,16H2,1-4H3,(H,34,35)(H,32,33,40). The molecule has 13 nitrogen and oxygen atoms in total. The number of amides is 2. The Morgan fingerprint density at radius 2 is 1.80 bits per heavy atom. The Balaban J connectivity index is 1.40. The normalized spacial score (nSPS) is 19.9. The zero-order valence-corrected chi connectivity index (χ0v) is 25.1. The molecule has 0 aliphatic carbocycles. The number of halogens is 3. The Morgan fingerprint density at radius 1 is 1.09 bits per heavy atom. The molecule has 1 atom stereocenters. The van der Waals surface area contributed by atoms with Crippen LogP contribution in [-0.4, -0.2) is 108 Å². The number of nitrogens with one attached hydrogen (secondary N) is 2. The Hall–Kier alpha value is -3.89. The zero-order chi connectivity index (χ0) is 31.6. The fraction of sp³-hybridized carbons (Fsp3) is 0.571. The molecule has 2 fully saturated rings. The highest BCUT2D eigenvalue weighted by Crippen LogP contribution is 2.35. The van der Waals surface area contributed by atoms with Gasteiger partial charge in [-0.1, -0.05) is 0 Å². The molecule has 2 N–H and O–H groups in total. The first-order valence-electron chi connectivity index (χ1n) is 14.3. The van der Waals surface area contributed by atoms with Gasteiger partial charge >= 0.3 is 18.4 Å². The summed E-state index contributed by atoms with van der Waals surface area (Å²) in [6.07, 6.45) is -3.65. The molecule has 44 heavy (non-hydrogen) atoms. The molecule has 2 aromatic rings. The van der Waals surface area contributed by atoms with Crippen molar-refractivity contribution >= 4 is 23.8 Å². The van der Waals surface area contributed by atoms with Gasteiger partial charge < -0.3 is 24.4 Å². The van der Waals surface area contributed by atoms with Gasteiger partial charge in [0.2, 0.25) is 0 Å². The summed E-state index contributed by atoms with van der Waals surface area (Å²) in [5.74, 6) is -0.309. The second-order valence-corrected chi connectivity index (χ2v) is 11.7. The van der Waals surface area contributed by atoms with Crippen LogP contribution < -0.4 is 10.6 Å². The van der Waals surface area contributed by atoms with Crippen molar-refractivity contribution in [2.45, 2.75) is 45.3 Å². The molecule has 0 spiro atoms. The number of piperazine rings is 1. The fourth-order valence-corrected chi connectivity index (χ4v) is 5.26. The molecule has 2 amide bonds. The van der Waals surface area contributed by atoms with E-state index < -0.39 is 29.6 Å². The highest BCUT2D eigenvalue weighted by Gasteiger charge is 2.38. The molecule has 5 rings (SSSR count). The Kier molecular flexibility index (Phi) is 9.04. The quantitative estimate of drug-likeness (QED) is 0.517. The minimum atomic E-state index is -4.76. The van der Waals surface area contributed by atoms with Crippen LogP contribution in [0, 0.1) is 0 Å². The summed E-state index contributed by atoms with van der Waals surface area (Å²) in [6.45, 7) is 10.5. The maximum Gasteiger partial charge on any atom is 0.417 e. The highest BCUT2D eigenvalue weighted by molar-refractivity contribution is 6.01. The number of alkyl halides is 3. The first kappa shape index (κ1) is 31.5. The van der Waals surface area contributed by atoms with Crippen molar-refractivity contribution in [3.63, 3.8) is 0 Å². The average molecular weight is 623 g/mol. The number of anilines is 1. The minimum absolute atomic E-state index is 0.00781. The maximum atomic E-state index is 14.2. The number of morpholine rings is 1. The third kappa shape index (κ3) is 7.42. The van der Waals surface area contributed by atoms with Crippen molar-refractivity contribution in [1.29, 1.82) is 0 Å². The molecule has 0 aromatic carbocycles. The molecule has 5 heterocycles. The predicted octanol–water partition coefficient (Wildman–Crippen LogP) is 3.28. The third-order valence-electron chi connectivity index (χ3n) is 7.37. The van der Waals surface area contributed by atoms with Crippen LogP contribution in [0.1, 0.15) is 49.3 Å². The van der Waals surface area contributed by atoms with Crippen LogP contribution in [0.5, 0.6) is 0 Å². The molecule has 0 bridgehead atoms. The van der Waals surface area contributed by atoms with E-state index in [1.807, 2.05) is 33.0 Å². The first-order valence-corrected chi connectivity index (χ1v) is 14.3. The molecular weight excluding hydrogens is 585 g/mol. The van der Waals surface area contributed by atoms with Crippen molar-refractivity contribution in [2.75, 3.05) is 64.9 Å². The van der Waals surface area contributed by atoms with E-state index in [0.717, 1.165) is 30.6 Å². The van der Waals surface area contributed by atoms with Crippen LogP contribution in [-0.2, 0) is 26.9 Å². The number of amidine groups is 1. The van der Waals surface area contributed by atoms with Crippen molar-refractivity contribution in [3.05, 3.63) is 46.9 Å². The van der Waals surface area contributed by atoms with E-state index >= 15 is 0 Å². The molecule has 240 valence electrons. The van der Waals surface area contributed by atoms with E-state index in [2.05, 4.69) is 35.3 Å². The topological polar surface area (TPSA) is 126 Å². The van der Waals surface area contributed by atoms with E-state index in [4.69, 9.17) is 9.47 Å². The number of rotatable bonds is 5. The molecule has 0 radical (unpaired) electrons. The van der Waals surface area contributed by atoms with Crippen LogP contribution >= 0.6 is 0 Å². The minimum Gasteiger partial charge on any atom is -0.453 e. The number of carbonyl (C=O) groups excluding carboxylic acids is 2. The van der Waals surface area contributed by atoms with Gasteiger partial charge in [-0.05, 0) is 38.5 Å². The smallest absolute Gasteiger partial charge is 0.417 e. The monoisotopic (exact) mass is 622 g/mol.